The molecule has 0 rings (SSSR count). The molecule has 64 valence electrons. The van der Waals surface area contributed by atoms with E-state index in [1.165, 1.54) is 6.92 Å². The van der Waals surface area contributed by atoms with Gasteiger partial charge in [0.15, 0.2) is 0 Å². The predicted octanol–water partition coefficient (Wildman–Crippen LogP) is -1.46. The molecular weight excluding hydrogens is 171 g/mol. The molecule has 0 aliphatic carbocycles. The molecular formula is C5H9O5P. The zero-order valence-electron chi connectivity index (χ0n) is 5.89. The Morgan fingerprint density at radius 1 is 1.73 bits per heavy atom. The van der Waals surface area contributed by atoms with Gasteiger partial charge in [0.05, 0.1) is 12.5 Å². The van der Waals surface area contributed by atoms with E-state index >= 15 is 0 Å². The van der Waals surface area contributed by atoms with Crippen molar-refractivity contribution < 1.29 is 24.8 Å². The predicted molar refractivity (Wildman–Crippen MR) is 38.0 cm³/mol. The lowest BCUT2D eigenvalue weighted by Gasteiger charge is -2.03. The Morgan fingerprint density at radius 2 is 2.18 bits per heavy atom. The lowest BCUT2D eigenvalue weighted by atomic mass is 10.1. The van der Waals surface area contributed by atoms with Gasteiger partial charge in [-0.2, -0.15) is 4.89 Å². The summed E-state index contributed by atoms with van der Waals surface area (Å²) < 4.78 is 0. The fourth-order valence-electron chi connectivity index (χ4n) is 0.568. The van der Waals surface area contributed by atoms with Crippen LogP contribution in [0.3, 0.4) is 0 Å². The quantitative estimate of drug-likeness (QED) is 0.460. The van der Waals surface area contributed by atoms with E-state index in [0.717, 1.165) is 0 Å². The Balaban J connectivity index is 4.63. The molecule has 0 radical (unpaired) electrons. The maximum atomic E-state index is 10.4. The highest BCUT2D eigenvalue weighted by Gasteiger charge is 2.25. The molecule has 0 aliphatic rings. The van der Waals surface area contributed by atoms with E-state index in [4.69, 9.17) is 15.1 Å². The lowest BCUT2D eigenvalue weighted by molar-refractivity contribution is -0.168. The fourth-order valence-corrected chi connectivity index (χ4v) is 1.19. The van der Waals surface area contributed by atoms with Crippen LogP contribution in [0.2, 0.25) is 0 Å². The fraction of sp³-hybridized carbons (Fsp3) is 0.600. The molecule has 0 aromatic carbocycles. The number of aliphatic hydroxyl groups is 1. The summed E-state index contributed by atoms with van der Waals surface area (Å²) in [5, 5.41) is 16.3. The number of hydrogen-bond donors (Lipinski definition) is 3. The average molecular weight is 180 g/mol. The third kappa shape index (κ3) is 2.95. The molecule has 0 bridgehead atoms. The molecule has 3 N–H and O–H groups in total. The topological polar surface area (TPSA) is 101 Å². The number of rotatable bonds is 3. The number of carboxylic acid groups (broad SMARTS) is 1. The Hall–Kier alpha value is -0.480. The first-order chi connectivity index (χ1) is 5.00. The van der Waals surface area contributed by atoms with Crippen molar-refractivity contribution in [2.24, 2.45) is 5.92 Å². The van der Waals surface area contributed by atoms with Gasteiger partial charge in [-0.1, -0.05) is 6.92 Å². The minimum absolute atomic E-state index is 0.441. The van der Waals surface area contributed by atoms with Crippen LogP contribution in [-0.4, -0.2) is 33.0 Å². The van der Waals surface area contributed by atoms with Crippen molar-refractivity contribution in [1.29, 1.82) is 0 Å². The van der Waals surface area contributed by atoms with Crippen LogP contribution in [-0.2, 0) is 4.79 Å². The summed E-state index contributed by atoms with van der Waals surface area (Å²) in [5.41, 5.74) is 0. The lowest BCUT2D eigenvalue weighted by Crippen LogP contribution is -2.25. The van der Waals surface area contributed by atoms with Crippen molar-refractivity contribution in [3.63, 3.8) is 0 Å². The first-order valence-corrected chi connectivity index (χ1v) is 4.09. The summed E-state index contributed by atoms with van der Waals surface area (Å²) in [4.78, 5) is 29.1. The van der Waals surface area contributed by atoms with Crippen molar-refractivity contribution in [1.82, 2.24) is 0 Å². The van der Waals surface area contributed by atoms with Gasteiger partial charge in [0, 0.05) is 0 Å². The molecule has 0 aromatic heterocycles. The Morgan fingerprint density at radius 3 is 2.27 bits per heavy atom. The summed E-state index contributed by atoms with van der Waals surface area (Å²) in [7, 11) is -2.84. The first-order valence-electron chi connectivity index (χ1n) is 2.87. The largest absolute Gasteiger partial charge is 0.603 e. The third-order valence-electron chi connectivity index (χ3n) is 1.17. The molecule has 0 aromatic rings. The van der Waals surface area contributed by atoms with Crippen molar-refractivity contribution in [3.8, 4) is 0 Å². The first kappa shape index (κ1) is 10.5. The normalized spacial score (nSPS) is 15.6. The van der Waals surface area contributed by atoms with Gasteiger partial charge in [-0.3, -0.25) is 0 Å². The molecule has 11 heavy (non-hydrogen) atoms. The number of aliphatic hydroxyl groups excluding tert-OH is 1. The van der Waals surface area contributed by atoms with Crippen LogP contribution >= 0.6 is 8.00 Å². The second-order valence-corrected chi connectivity index (χ2v) is 3.07. The van der Waals surface area contributed by atoms with Crippen LogP contribution in [0.1, 0.15) is 6.92 Å². The number of carbonyl (C=O) groups is 1. The second-order valence-electron chi connectivity index (χ2n) is 2.05. The van der Waals surface area contributed by atoms with E-state index < -0.39 is 31.8 Å². The van der Waals surface area contributed by atoms with Gasteiger partial charge >= 0.3 is 5.97 Å². The van der Waals surface area contributed by atoms with Crippen molar-refractivity contribution in [2.45, 2.75) is 6.92 Å². The van der Waals surface area contributed by atoms with E-state index in [2.05, 4.69) is 0 Å². The molecule has 6 heteroatoms. The molecule has 0 aliphatic heterocycles. The van der Waals surface area contributed by atoms with Crippen LogP contribution < -0.4 is 4.89 Å². The Labute approximate surface area is 64.5 Å². The second kappa shape index (κ2) is 4.41. The highest BCUT2D eigenvalue weighted by molar-refractivity contribution is 7.48. The monoisotopic (exact) mass is 180 g/mol. The maximum absolute atomic E-state index is 10.4. The standard InChI is InChI=1S/C5H9O5P/c1-3(2-6)4(5(7)8)11(9)10/h3,6H,2H2,1H3,(H,7,8)(H,9,10). The van der Waals surface area contributed by atoms with E-state index in [1.807, 2.05) is 0 Å². The van der Waals surface area contributed by atoms with Crippen LogP contribution in [0, 0.1) is 5.92 Å². The van der Waals surface area contributed by atoms with Crippen molar-refractivity contribution in [3.05, 3.63) is 0 Å². The zero-order valence-corrected chi connectivity index (χ0v) is 6.78. The SMILES string of the molecule is CC(CO)C(C(=O)O)=[P+]([O-])O. The van der Waals surface area contributed by atoms with Crippen LogP contribution in [0.5, 0.6) is 0 Å². The Kier molecular flexibility index (Phi) is 4.22. The third-order valence-corrected chi connectivity index (χ3v) is 2.21. The average Bonchev–Trinajstić information content (AvgIpc) is 1.85. The molecule has 0 amide bonds. The van der Waals surface area contributed by atoms with Crippen molar-refractivity contribution >= 4 is 19.3 Å². The number of hydrogen-bond acceptors (Lipinski definition) is 4. The highest BCUT2D eigenvalue weighted by atomic mass is 31.1. The van der Waals surface area contributed by atoms with Gasteiger partial charge < -0.3 is 15.1 Å². The van der Waals surface area contributed by atoms with E-state index in [1.54, 1.807) is 0 Å². The zero-order chi connectivity index (χ0) is 9.02. The van der Waals surface area contributed by atoms with Crippen LogP contribution in [0.25, 0.3) is 0 Å². The summed E-state index contributed by atoms with van der Waals surface area (Å²) in [6.45, 7) is 0.927. The number of carboxylic acids is 1. The van der Waals surface area contributed by atoms with Crippen LogP contribution in [0.15, 0.2) is 0 Å². The highest BCUT2D eigenvalue weighted by Crippen LogP contribution is 2.13. The van der Waals surface area contributed by atoms with Gasteiger partial charge in [-0.05, 0) is 0 Å². The minimum Gasteiger partial charge on any atom is -0.603 e. The molecule has 0 fully saturated rings. The summed E-state index contributed by atoms with van der Waals surface area (Å²) in [6, 6.07) is 0. The van der Waals surface area contributed by atoms with Gasteiger partial charge in [-0.15, -0.1) is 0 Å². The van der Waals surface area contributed by atoms with Gasteiger partial charge in [-0.25, -0.2) is 4.79 Å². The minimum atomic E-state index is -2.84. The summed E-state index contributed by atoms with van der Waals surface area (Å²) in [6.07, 6.45) is 0. The maximum Gasteiger partial charge on any atom is 0.377 e. The molecule has 0 heterocycles. The molecule has 0 saturated heterocycles. The molecule has 0 saturated carbocycles. The molecule has 2 atom stereocenters. The summed E-state index contributed by atoms with van der Waals surface area (Å²) >= 11 is 0. The molecule has 2 unspecified atom stereocenters. The van der Waals surface area contributed by atoms with Gasteiger partial charge in [0.25, 0.3) is 0 Å². The molecule has 5 nitrogen and oxygen atoms in total. The van der Waals surface area contributed by atoms with E-state index in [-0.39, 0.29) is 0 Å². The Bertz CT molecular complexity index is 183. The van der Waals surface area contributed by atoms with Gasteiger partial charge in [0.2, 0.25) is 13.3 Å². The van der Waals surface area contributed by atoms with E-state index in [9.17, 15) is 9.69 Å². The van der Waals surface area contributed by atoms with Crippen molar-refractivity contribution in [2.75, 3.05) is 6.61 Å². The van der Waals surface area contributed by atoms with E-state index in [0.29, 0.717) is 0 Å². The van der Waals surface area contributed by atoms with Gasteiger partial charge in [0.1, 0.15) is 0 Å². The smallest absolute Gasteiger partial charge is 0.377 e. The summed E-state index contributed by atoms with van der Waals surface area (Å²) in [5.74, 6) is -2.21. The molecule has 0 spiro atoms. The van der Waals surface area contributed by atoms with Crippen LogP contribution in [0.4, 0.5) is 0 Å². The number of aliphatic carboxylic acids is 1.